The number of rotatable bonds is 8. The Balaban J connectivity index is 0.00000261. The molecule has 0 saturated heterocycles. The topological polar surface area (TPSA) is 64.4 Å². The molecule has 27 heavy (non-hydrogen) atoms. The molecule has 2 atom stereocenters. The minimum Gasteiger partial charge on any atom is -0.376 e. The van der Waals surface area contributed by atoms with Crippen LogP contribution in [0.4, 0.5) is 5.69 Å². The molecule has 1 aliphatic rings. The van der Waals surface area contributed by atoms with Crippen molar-refractivity contribution in [3.63, 3.8) is 0 Å². The van der Waals surface area contributed by atoms with Crippen molar-refractivity contribution in [3.8, 4) is 0 Å². The summed E-state index contributed by atoms with van der Waals surface area (Å²) < 4.78 is 5.78. The lowest BCUT2D eigenvalue weighted by Gasteiger charge is -2.15. The summed E-state index contributed by atoms with van der Waals surface area (Å²) in [5, 5.41) is 3.00. The molecule has 146 valence electrons. The number of nitrogens with two attached hydrogens (primary N) is 1. The van der Waals surface area contributed by atoms with Gasteiger partial charge in [-0.05, 0) is 48.4 Å². The average Bonchev–Trinajstić information content (AvgIpc) is 3.04. The highest BCUT2D eigenvalue weighted by molar-refractivity contribution is 5.91. The number of benzene rings is 2. The van der Waals surface area contributed by atoms with Crippen molar-refractivity contribution in [3.05, 3.63) is 65.7 Å². The van der Waals surface area contributed by atoms with Gasteiger partial charge in [0.25, 0.3) is 0 Å². The molecule has 1 aliphatic carbocycles. The van der Waals surface area contributed by atoms with Crippen molar-refractivity contribution in [1.29, 1.82) is 0 Å². The Hall–Kier alpha value is -1.88. The predicted octanol–water partition coefficient (Wildman–Crippen LogP) is 4.32. The molecule has 2 aromatic carbocycles. The Morgan fingerprint density at radius 1 is 1.07 bits per heavy atom. The maximum Gasteiger partial charge on any atom is 0.224 e. The second-order valence-electron chi connectivity index (χ2n) is 7.10. The van der Waals surface area contributed by atoms with Crippen LogP contribution < -0.4 is 11.1 Å². The van der Waals surface area contributed by atoms with Crippen LogP contribution in [0, 0.1) is 5.92 Å². The maximum absolute atomic E-state index is 12.2. The quantitative estimate of drug-likeness (QED) is 0.662. The van der Waals surface area contributed by atoms with Crippen LogP contribution in [0.25, 0.3) is 0 Å². The van der Waals surface area contributed by atoms with E-state index in [4.69, 9.17) is 10.5 Å². The van der Waals surface area contributed by atoms with Crippen molar-refractivity contribution in [2.24, 2.45) is 11.7 Å². The van der Waals surface area contributed by atoms with Gasteiger partial charge in [0.1, 0.15) is 0 Å². The molecular weight excluding hydrogens is 360 g/mol. The Morgan fingerprint density at radius 3 is 2.59 bits per heavy atom. The second kappa shape index (κ2) is 11.1. The molecule has 0 heterocycles. The standard InChI is InChI=1S/C22H28N2O2.ClH/c23-21-11-5-9-19(21)15-22(25)24-20-10-4-8-18(14-20)16-26-13-12-17-6-2-1-3-7-17;/h1-4,6-8,10,14,19,21H,5,9,11-13,15-16,23H2,(H,24,25);1H/t19-,21+;/m0./s1. The summed E-state index contributed by atoms with van der Waals surface area (Å²) in [5.41, 5.74) is 9.22. The lowest BCUT2D eigenvalue weighted by Crippen LogP contribution is -2.28. The van der Waals surface area contributed by atoms with Gasteiger partial charge in [-0.2, -0.15) is 0 Å². The molecule has 5 heteroatoms. The highest BCUT2D eigenvalue weighted by Crippen LogP contribution is 2.27. The first-order valence-electron chi connectivity index (χ1n) is 9.47. The minimum atomic E-state index is 0. The van der Waals surface area contributed by atoms with Gasteiger partial charge in [-0.15, -0.1) is 12.4 Å². The summed E-state index contributed by atoms with van der Waals surface area (Å²) in [6.45, 7) is 1.23. The number of carbonyl (C=O) groups is 1. The largest absolute Gasteiger partial charge is 0.376 e. The molecule has 4 nitrogen and oxygen atoms in total. The van der Waals surface area contributed by atoms with Crippen molar-refractivity contribution in [2.75, 3.05) is 11.9 Å². The highest BCUT2D eigenvalue weighted by Gasteiger charge is 2.25. The number of ether oxygens (including phenoxy) is 1. The monoisotopic (exact) mass is 388 g/mol. The normalized spacial score (nSPS) is 18.7. The van der Waals surface area contributed by atoms with Crippen LogP contribution in [0.1, 0.15) is 36.8 Å². The Kier molecular flexibility index (Phi) is 8.79. The molecule has 3 N–H and O–H groups in total. The number of hydrogen-bond acceptors (Lipinski definition) is 3. The Morgan fingerprint density at radius 2 is 1.85 bits per heavy atom. The third-order valence-corrected chi connectivity index (χ3v) is 5.02. The van der Waals surface area contributed by atoms with E-state index in [1.807, 2.05) is 42.5 Å². The van der Waals surface area contributed by atoms with Gasteiger partial charge in [0, 0.05) is 18.2 Å². The fourth-order valence-electron chi connectivity index (χ4n) is 3.53. The van der Waals surface area contributed by atoms with E-state index in [0.717, 1.165) is 36.9 Å². The second-order valence-corrected chi connectivity index (χ2v) is 7.10. The van der Waals surface area contributed by atoms with Crippen molar-refractivity contribution in [2.45, 2.75) is 44.8 Å². The molecule has 0 unspecified atom stereocenters. The molecule has 0 radical (unpaired) electrons. The highest BCUT2D eigenvalue weighted by atomic mass is 35.5. The van der Waals surface area contributed by atoms with Gasteiger partial charge in [-0.25, -0.2) is 0 Å². The zero-order valence-electron chi connectivity index (χ0n) is 15.6. The van der Waals surface area contributed by atoms with Crippen LogP contribution >= 0.6 is 12.4 Å². The Labute approximate surface area is 167 Å². The van der Waals surface area contributed by atoms with Crippen LogP contribution in [0.3, 0.4) is 0 Å². The molecular formula is C22H29ClN2O2. The molecule has 0 aliphatic heterocycles. The van der Waals surface area contributed by atoms with E-state index in [1.54, 1.807) is 0 Å². The number of anilines is 1. The van der Waals surface area contributed by atoms with E-state index < -0.39 is 0 Å². The van der Waals surface area contributed by atoms with Gasteiger partial charge in [-0.1, -0.05) is 48.9 Å². The zero-order valence-corrected chi connectivity index (χ0v) is 16.4. The Bertz CT molecular complexity index is 708. The lowest BCUT2D eigenvalue weighted by molar-refractivity contribution is -0.117. The number of amides is 1. The van der Waals surface area contributed by atoms with Crippen molar-refractivity contribution < 1.29 is 9.53 Å². The summed E-state index contributed by atoms with van der Waals surface area (Å²) in [6, 6.07) is 18.4. The molecule has 3 rings (SSSR count). The van der Waals surface area contributed by atoms with Gasteiger partial charge in [0.05, 0.1) is 13.2 Å². The molecule has 0 spiro atoms. The number of nitrogens with one attached hydrogen (secondary N) is 1. The minimum absolute atomic E-state index is 0. The third-order valence-electron chi connectivity index (χ3n) is 5.02. The summed E-state index contributed by atoms with van der Waals surface area (Å²) in [5.74, 6) is 0.369. The molecule has 2 aromatic rings. The van der Waals surface area contributed by atoms with Crippen LogP contribution in [-0.4, -0.2) is 18.6 Å². The van der Waals surface area contributed by atoms with Crippen LogP contribution in [-0.2, 0) is 22.6 Å². The molecule has 1 saturated carbocycles. The average molecular weight is 389 g/mol. The van der Waals surface area contributed by atoms with Crippen LogP contribution in [0.15, 0.2) is 54.6 Å². The van der Waals surface area contributed by atoms with Crippen LogP contribution in [0.2, 0.25) is 0 Å². The van der Waals surface area contributed by atoms with E-state index >= 15 is 0 Å². The molecule has 1 fully saturated rings. The number of hydrogen-bond donors (Lipinski definition) is 2. The predicted molar refractivity (Wildman–Crippen MR) is 112 cm³/mol. The van der Waals surface area contributed by atoms with E-state index in [9.17, 15) is 4.79 Å². The fourth-order valence-corrected chi connectivity index (χ4v) is 3.53. The summed E-state index contributed by atoms with van der Waals surface area (Å²) >= 11 is 0. The third kappa shape index (κ3) is 6.98. The van der Waals surface area contributed by atoms with Gasteiger partial charge in [0.2, 0.25) is 5.91 Å². The van der Waals surface area contributed by atoms with Crippen molar-refractivity contribution in [1.82, 2.24) is 0 Å². The van der Waals surface area contributed by atoms with E-state index in [0.29, 0.717) is 25.6 Å². The van der Waals surface area contributed by atoms with Gasteiger partial charge in [0.15, 0.2) is 0 Å². The van der Waals surface area contributed by atoms with Gasteiger partial charge in [-0.3, -0.25) is 4.79 Å². The number of halogens is 1. The summed E-state index contributed by atoms with van der Waals surface area (Å²) in [7, 11) is 0. The number of carbonyl (C=O) groups excluding carboxylic acids is 1. The van der Waals surface area contributed by atoms with Gasteiger partial charge >= 0.3 is 0 Å². The molecule has 1 amide bonds. The molecule has 0 aromatic heterocycles. The van der Waals surface area contributed by atoms with E-state index in [-0.39, 0.29) is 24.4 Å². The first kappa shape index (κ1) is 21.4. The van der Waals surface area contributed by atoms with E-state index in [1.165, 1.54) is 5.56 Å². The van der Waals surface area contributed by atoms with E-state index in [2.05, 4.69) is 17.4 Å². The maximum atomic E-state index is 12.2. The first-order valence-corrected chi connectivity index (χ1v) is 9.47. The van der Waals surface area contributed by atoms with Crippen LogP contribution in [0.5, 0.6) is 0 Å². The fraction of sp³-hybridized carbons (Fsp3) is 0.409. The molecule has 0 bridgehead atoms. The SMILES string of the molecule is Cl.N[C@@H]1CCC[C@H]1CC(=O)Nc1cccc(COCCc2ccccc2)c1. The zero-order chi connectivity index (χ0) is 18.2. The van der Waals surface area contributed by atoms with Gasteiger partial charge < -0.3 is 15.8 Å². The smallest absolute Gasteiger partial charge is 0.224 e. The summed E-state index contributed by atoms with van der Waals surface area (Å²) in [4.78, 5) is 12.2. The van der Waals surface area contributed by atoms with Crippen molar-refractivity contribution >= 4 is 24.0 Å². The summed E-state index contributed by atoms with van der Waals surface area (Å²) in [6.07, 6.45) is 4.64. The first-order chi connectivity index (χ1) is 12.7. The lowest BCUT2D eigenvalue weighted by atomic mass is 10.00.